The zero-order valence-electron chi connectivity index (χ0n) is 23.1. The van der Waals surface area contributed by atoms with Crippen molar-refractivity contribution in [3.8, 4) is 0 Å². The monoisotopic (exact) mass is 614 g/mol. The van der Waals surface area contributed by atoms with Crippen molar-refractivity contribution in [3.05, 3.63) is 183 Å². The van der Waals surface area contributed by atoms with Gasteiger partial charge >= 0.3 is 26.8 Å². The van der Waals surface area contributed by atoms with Crippen LogP contribution in [0.1, 0.15) is 35.1 Å². The molecule has 0 unspecified atom stereocenters. The zero-order chi connectivity index (χ0) is 25.0. The SMILES string of the molecule is Cl.Cl.[C-]1=C(c2ccccc2)C=C(c2ccccc2)C1.[C-]1=C(c2ccccc2)C=C(c2ccccc2)C1.[CH3-].[CH3-].[SiH2]=[Ti]. The molecule has 0 amide bonds. The Morgan fingerprint density at radius 1 is 0.425 bits per heavy atom. The van der Waals surface area contributed by atoms with E-state index < -0.39 is 0 Å². The van der Waals surface area contributed by atoms with Crippen LogP contribution in [0, 0.1) is 27.0 Å². The van der Waals surface area contributed by atoms with Gasteiger partial charge in [0.1, 0.15) is 0 Å². The van der Waals surface area contributed by atoms with Gasteiger partial charge in [0.2, 0.25) is 0 Å². The maximum atomic E-state index is 3.45. The molecule has 206 valence electrons. The predicted octanol–water partition coefficient (Wildman–Crippen LogP) is 9.55. The van der Waals surface area contributed by atoms with Gasteiger partial charge in [-0.15, -0.1) is 71.4 Å². The normalized spacial score (nSPS) is 12.3. The summed E-state index contributed by atoms with van der Waals surface area (Å²) in [5.74, 6) is 0. The molecule has 0 spiro atoms. The average molecular weight is 616 g/mol. The zero-order valence-corrected chi connectivity index (χ0v) is 27.7. The number of hydrogen-bond acceptors (Lipinski definition) is 0. The summed E-state index contributed by atoms with van der Waals surface area (Å²) in [5.41, 5.74) is 10.2. The van der Waals surface area contributed by atoms with Gasteiger partial charge in [-0.1, -0.05) is 110 Å². The van der Waals surface area contributed by atoms with E-state index >= 15 is 0 Å². The van der Waals surface area contributed by atoms with Crippen LogP contribution in [0.2, 0.25) is 0 Å². The fourth-order valence-electron chi connectivity index (χ4n) is 4.21. The molecule has 0 nitrogen and oxygen atoms in total. The van der Waals surface area contributed by atoms with E-state index in [1.165, 1.54) is 44.5 Å². The summed E-state index contributed by atoms with van der Waals surface area (Å²) in [4.78, 5) is 0. The van der Waals surface area contributed by atoms with Crippen molar-refractivity contribution in [1.82, 2.24) is 0 Å². The number of rotatable bonds is 4. The Morgan fingerprint density at radius 2 is 0.675 bits per heavy atom. The second-order valence-electron chi connectivity index (χ2n) is 8.34. The molecule has 4 aromatic carbocycles. The van der Waals surface area contributed by atoms with Gasteiger partial charge in [-0.05, 0) is 11.1 Å². The molecule has 0 radical (unpaired) electrons. The standard InChI is InChI=1S/2C17H13.2CH3.2ClH.H2Si.Ti/c2*1-3-7-14(8-4-1)16-11-12-17(13-16)15-9-5-2-6-10-15;;;;;;/h2*1-10,13H,11H2;2*1H3;2*1H;1H2;/q4*-1;;;;. The van der Waals surface area contributed by atoms with Gasteiger partial charge in [0, 0.05) is 0 Å². The van der Waals surface area contributed by atoms with E-state index in [0.717, 1.165) is 12.8 Å². The van der Waals surface area contributed by atoms with Crippen LogP contribution in [-0.4, -0.2) is 7.63 Å². The molecule has 0 atom stereocenters. The summed E-state index contributed by atoms with van der Waals surface area (Å²) in [7, 11) is 1.86. The first-order valence-corrected chi connectivity index (χ1v) is 16.1. The number of hydrogen-bond donors (Lipinski definition) is 0. The first-order chi connectivity index (χ1) is 17.9. The van der Waals surface area contributed by atoms with Crippen LogP contribution in [0.5, 0.6) is 0 Å². The molecule has 0 heterocycles. The molecule has 2 aliphatic rings. The number of benzene rings is 4. The van der Waals surface area contributed by atoms with Gasteiger partial charge in [-0.3, -0.25) is 0 Å². The molecule has 0 bridgehead atoms. The summed E-state index contributed by atoms with van der Waals surface area (Å²) >= 11 is 2.03. The fourth-order valence-corrected chi connectivity index (χ4v) is 4.21. The van der Waals surface area contributed by atoms with Crippen LogP contribution < -0.4 is 0 Å². The molecule has 0 fully saturated rings. The van der Waals surface area contributed by atoms with Gasteiger partial charge in [0.25, 0.3) is 0 Å². The van der Waals surface area contributed by atoms with Crippen LogP contribution in [-0.2, 0) is 19.2 Å². The Labute approximate surface area is 267 Å². The van der Waals surface area contributed by atoms with Crippen molar-refractivity contribution in [2.24, 2.45) is 0 Å². The maximum absolute atomic E-state index is 3.45. The van der Waals surface area contributed by atoms with Gasteiger partial charge in [-0.2, -0.15) is 35.5 Å². The van der Waals surface area contributed by atoms with Crippen molar-refractivity contribution >= 4 is 54.7 Å². The average Bonchev–Trinajstić information content (AvgIpc) is 3.68. The summed E-state index contributed by atoms with van der Waals surface area (Å²) in [6.45, 7) is 0. The Morgan fingerprint density at radius 3 is 0.950 bits per heavy atom. The van der Waals surface area contributed by atoms with Gasteiger partial charge in [0.05, 0.1) is 0 Å². The summed E-state index contributed by atoms with van der Waals surface area (Å²) in [6.07, 6.45) is 13.2. The molecular formula is C36H36Cl2SiTi-4. The molecule has 40 heavy (non-hydrogen) atoms. The second-order valence-corrected chi connectivity index (χ2v) is 8.34. The number of halogens is 2. The van der Waals surface area contributed by atoms with Gasteiger partial charge in [-0.25, -0.2) is 0 Å². The molecule has 4 aromatic rings. The molecule has 0 aliphatic heterocycles. The third-order valence-electron chi connectivity index (χ3n) is 6.03. The Hall–Kier alpha value is -2.65. The topological polar surface area (TPSA) is 0 Å². The van der Waals surface area contributed by atoms with Crippen molar-refractivity contribution in [1.29, 1.82) is 0 Å². The van der Waals surface area contributed by atoms with Crippen LogP contribution in [0.4, 0.5) is 0 Å². The van der Waals surface area contributed by atoms with Crippen molar-refractivity contribution in [2.75, 3.05) is 0 Å². The Kier molecular flexibility index (Phi) is 18.9. The molecule has 6 rings (SSSR count). The van der Waals surface area contributed by atoms with E-state index in [1.54, 1.807) is 0 Å². The van der Waals surface area contributed by atoms with E-state index in [1.807, 2.05) is 51.1 Å². The first-order valence-electron chi connectivity index (χ1n) is 12.1. The van der Waals surface area contributed by atoms with Crippen LogP contribution in [0.15, 0.2) is 133 Å². The Bertz CT molecular complexity index is 1270. The number of allylic oxidation sites excluding steroid dienone is 8. The molecule has 0 N–H and O–H groups in total. The quantitative estimate of drug-likeness (QED) is 0.159. The molecular weight excluding hydrogens is 579 g/mol. The minimum atomic E-state index is 0. The summed E-state index contributed by atoms with van der Waals surface area (Å²) in [6, 6.07) is 41.9. The van der Waals surface area contributed by atoms with E-state index in [0.29, 0.717) is 0 Å². The molecule has 2 aliphatic carbocycles. The summed E-state index contributed by atoms with van der Waals surface area (Å²) < 4.78 is 0. The fraction of sp³-hybridized carbons (Fsp3) is 0.0556. The minimum absolute atomic E-state index is 0. The van der Waals surface area contributed by atoms with Crippen LogP contribution >= 0.6 is 24.8 Å². The third kappa shape index (κ3) is 10.4. The van der Waals surface area contributed by atoms with E-state index in [4.69, 9.17) is 0 Å². The summed E-state index contributed by atoms with van der Waals surface area (Å²) in [5, 5.41) is 0. The third-order valence-corrected chi connectivity index (χ3v) is 6.03. The van der Waals surface area contributed by atoms with E-state index in [2.05, 4.69) is 121 Å². The molecule has 0 saturated carbocycles. The molecule has 0 aromatic heterocycles. The first kappa shape index (κ1) is 37.4. The predicted molar refractivity (Wildman–Crippen MR) is 180 cm³/mol. The molecule has 0 saturated heterocycles. The van der Waals surface area contributed by atoms with Crippen molar-refractivity contribution < 1.29 is 19.2 Å². The van der Waals surface area contributed by atoms with Crippen molar-refractivity contribution in [2.45, 2.75) is 12.8 Å². The van der Waals surface area contributed by atoms with Gasteiger partial charge < -0.3 is 14.9 Å². The van der Waals surface area contributed by atoms with Crippen molar-refractivity contribution in [3.63, 3.8) is 0 Å². The Balaban J connectivity index is 0.000000655. The van der Waals surface area contributed by atoms with Crippen LogP contribution in [0.25, 0.3) is 22.3 Å². The van der Waals surface area contributed by atoms with Gasteiger partial charge in [0.15, 0.2) is 0 Å². The van der Waals surface area contributed by atoms with E-state index in [9.17, 15) is 0 Å². The van der Waals surface area contributed by atoms with E-state index in [-0.39, 0.29) is 39.7 Å². The molecule has 4 heteroatoms. The van der Waals surface area contributed by atoms with Crippen LogP contribution in [0.3, 0.4) is 0 Å². The second kappa shape index (κ2) is 20.3.